The van der Waals surface area contributed by atoms with Crippen molar-refractivity contribution in [3.63, 3.8) is 0 Å². The van der Waals surface area contributed by atoms with E-state index < -0.39 is 0 Å². The Morgan fingerprint density at radius 2 is 1.38 bits per heavy atom. The highest BCUT2D eigenvalue weighted by molar-refractivity contribution is 6.20. The second-order valence-corrected chi connectivity index (χ2v) is 4.87. The molecule has 1 aliphatic rings. The van der Waals surface area contributed by atoms with Crippen molar-refractivity contribution in [2.45, 2.75) is 12.8 Å². The van der Waals surface area contributed by atoms with Crippen molar-refractivity contribution in [3.05, 3.63) is 71.3 Å². The van der Waals surface area contributed by atoms with Gasteiger partial charge in [-0.25, -0.2) is 0 Å². The van der Waals surface area contributed by atoms with Gasteiger partial charge in [0.05, 0.1) is 17.7 Å². The highest BCUT2D eigenvalue weighted by atomic mass is 16.7. The first-order valence-electron chi connectivity index (χ1n) is 6.92. The van der Waals surface area contributed by atoms with Gasteiger partial charge in [0.2, 0.25) is 0 Å². The highest BCUT2D eigenvalue weighted by Gasteiger charge is 2.36. The summed E-state index contributed by atoms with van der Waals surface area (Å²) in [5.41, 5.74) is 2.03. The van der Waals surface area contributed by atoms with E-state index in [-0.39, 0.29) is 11.8 Å². The zero-order chi connectivity index (χ0) is 14.7. The van der Waals surface area contributed by atoms with Gasteiger partial charge in [0.25, 0.3) is 11.8 Å². The maximum Gasteiger partial charge on any atom is 0.285 e. The topological polar surface area (TPSA) is 46.6 Å². The van der Waals surface area contributed by atoms with Crippen LogP contribution in [0.1, 0.15) is 32.7 Å². The molecule has 0 bridgehead atoms. The summed E-state index contributed by atoms with van der Waals surface area (Å²) in [4.78, 5) is 29.5. The van der Waals surface area contributed by atoms with Crippen LogP contribution < -0.4 is 0 Å². The number of nitrogens with zero attached hydrogens (tertiary/aromatic N) is 1. The van der Waals surface area contributed by atoms with Crippen LogP contribution in [0.2, 0.25) is 0 Å². The predicted molar refractivity (Wildman–Crippen MR) is 77.7 cm³/mol. The summed E-state index contributed by atoms with van der Waals surface area (Å²) >= 11 is 0. The summed E-state index contributed by atoms with van der Waals surface area (Å²) in [5, 5.41) is 0.871. The second-order valence-electron chi connectivity index (χ2n) is 4.87. The summed E-state index contributed by atoms with van der Waals surface area (Å²) in [5.74, 6) is -0.759. The number of benzene rings is 2. The van der Waals surface area contributed by atoms with E-state index in [1.165, 1.54) is 5.56 Å². The Bertz CT molecular complexity index is 632. The highest BCUT2D eigenvalue weighted by Crippen LogP contribution is 2.22. The van der Waals surface area contributed by atoms with Crippen LogP contribution in [0.4, 0.5) is 0 Å². The second kappa shape index (κ2) is 5.89. The molecular formula is C17H15NO3. The van der Waals surface area contributed by atoms with Crippen molar-refractivity contribution in [1.29, 1.82) is 0 Å². The molecule has 2 amide bonds. The van der Waals surface area contributed by atoms with Gasteiger partial charge in [0, 0.05) is 0 Å². The molecule has 0 saturated carbocycles. The number of carbonyl (C=O) groups is 2. The summed E-state index contributed by atoms with van der Waals surface area (Å²) in [6.07, 6.45) is 1.60. The third-order valence-corrected chi connectivity index (χ3v) is 3.43. The molecule has 1 heterocycles. The normalized spacial score (nSPS) is 13.6. The van der Waals surface area contributed by atoms with Gasteiger partial charge in [-0.3, -0.25) is 14.4 Å². The minimum absolute atomic E-state index is 0.334. The maximum absolute atomic E-state index is 12.1. The number of amides is 2. The van der Waals surface area contributed by atoms with E-state index in [1.807, 2.05) is 30.3 Å². The van der Waals surface area contributed by atoms with Crippen molar-refractivity contribution >= 4 is 11.8 Å². The number of fused-ring (bicyclic) bond motifs is 1. The largest absolute Gasteiger partial charge is 0.285 e. The summed E-state index contributed by atoms with van der Waals surface area (Å²) in [7, 11) is 0. The Morgan fingerprint density at radius 3 is 2.00 bits per heavy atom. The van der Waals surface area contributed by atoms with Crippen LogP contribution in [0.15, 0.2) is 54.6 Å². The van der Waals surface area contributed by atoms with Crippen LogP contribution in [-0.4, -0.2) is 23.5 Å². The van der Waals surface area contributed by atoms with E-state index in [2.05, 4.69) is 0 Å². The van der Waals surface area contributed by atoms with Crippen molar-refractivity contribution in [2.24, 2.45) is 0 Å². The first-order valence-corrected chi connectivity index (χ1v) is 6.92. The molecule has 1 aliphatic heterocycles. The molecule has 4 nitrogen and oxygen atoms in total. The SMILES string of the molecule is O=C1c2ccccc2C(=O)N1OCCCc1ccccc1. The van der Waals surface area contributed by atoms with Gasteiger partial charge in [0.15, 0.2) is 0 Å². The fraction of sp³-hybridized carbons (Fsp3) is 0.176. The van der Waals surface area contributed by atoms with Gasteiger partial charge < -0.3 is 0 Å². The van der Waals surface area contributed by atoms with Crippen LogP contribution >= 0.6 is 0 Å². The molecule has 0 fully saturated rings. The minimum atomic E-state index is -0.379. The molecule has 0 radical (unpaired) electrons. The van der Waals surface area contributed by atoms with E-state index in [0.29, 0.717) is 17.7 Å². The average molecular weight is 281 g/mol. The molecule has 3 rings (SSSR count). The quantitative estimate of drug-likeness (QED) is 0.625. The van der Waals surface area contributed by atoms with Crippen LogP contribution in [0.5, 0.6) is 0 Å². The van der Waals surface area contributed by atoms with Gasteiger partial charge in [-0.2, -0.15) is 0 Å². The molecule has 106 valence electrons. The van der Waals surface area contributed by atoms with Gasteiger partial charge >= 0.3 is 0 Å². The molecule has 0 N–H and O–H groups in total. The van der Waals surface area contributed by atoms with Gasteiger partial charge in [-0.05, 0) is 30.5 Å². The summed E-state index contributed by atoms with van der Waals surface area (Å²) < 4.78 is 0. The van der Waals surface area contributed by atoms with Gasteiger partial charge in [-0.1, -0.05) is 42.5 Å². The minimum Gasteiger partial charge on any atom is -0.266 e. The molecular weight excluding hydrogens is 266 g/mol. The Morgan fingerprint density at radius 1 is 0.810 bits per heavy atom. The summed E-state index contributed by atoms with van der Waals surface area (Å²) in [6, 6.07) is 16.8. The predicted octanol–water partition coefficient (Wildman–Crippen LogP) is 2.85. The first kappa shape index (κ1) is 13.5. The van der Waals surface area contributed by atoms with E-state index in [9.17, 15) is 9.59 Å². The lowest BCUT2D eigenvalue weighted by molar-refractivity contribution is -0.0918. The average Bonchev–Trinajstić information content (AvgIpc) is 2.77. The number of aryl methyl sites for hydroxylation is 1. The third kappa shape index (κ3) is 2.71. The molecule has 0 spiro atoms. The zero-order valence-electron chi connectivity index (χ0n) is 11.5. The van der Waals surface area contributed by atoms with Gasteiger partial charge in [0.1, 0.15) is 0 Å². The smallest absolute Gasteiger partial charge is 0.266 e. The fourth-order valence-corrected chi connectivity index (χ4v) is 2.36. The lowest BCUT2D eigenvalue weighted by atomic mass is 10.1. The lowest BCUT2D eigenvalue weighted by Gasteiger charge is -2.13. The molecule has 2 aromatic carbocycles. The monoisotopic (exact) mass is 281 g/mol. The van der Waals surface area contributed by atoms with Crippen molar-refractivity contribution in [1.82, 2.24) is 5.06 Å². The van der Waals surface area contributed by atoms with Crippen molar-refractivity contribution in [2.75, 3.05) is 6.61 Å². The van der Waals surface area contributed by atoms with Crippen molar-refractivity contribution < 1.29 is 14.4 Å². The number of carbonyl (C=O) groups excluding carboxylic acids is 2. The molecule has 0 aliphatic carbocycles. The number of hydrogen-bond donors (Lipinski definition) is 0. The van der Waals surface area contributed by atoms with Crippen LogP contribution in [0.25, 0.3) is 0 Å². The third-order valence-electron chi connectivity index (χ3n) is 3.43. The van der Waals surface area contributed by atoms with Crippen molar-refractivity contribution in [3.8, 4) is 0 Å². The fourth-order valence-electron chi connectivity index (χ4n) is 2.36. The van der Waals surface area contributed by atoms with E-state index in [0.717, 1.165) is 17.9 Å². The van der Waals surface area contributed by atoms with Crippen LogP contribution in [0, 0.1) is 0 Å². The van der Waals surface area contributed by atoms with E-state index in [1.54, 1.807) is 24.3 Å². The zero-order valence-corrected chi connectivity index (χ0v) is 11.5. The number of hydrogen-bond acceptors (Lipinski definition) is 3. The van der Waals surface area contributed by atoms with Crippen LogP contribution in [0.3, 0.4) is 0 Å². The Hall–Kier alpha value is -2.46. The Balaban J connectivity index is 1.55. The van der Waals surface area contributed by atoms with E-state index >= 15 is 0 Å². The molecule has 0 aromatic heterocycles. The molecule has 21 heavy (non-hydrogen) atoms. The number of hydroxylamine groups is 2. The van der Waals surface area contributed by atoms with E-state index in [4.69, 9.17) is 4.84 Å². The lowest BCUT2D eigenvalue weighted by Crippen LogP contribution is -2.30. The molecule has 0 unspecified atom stereocenters. The molecule has 0 saturated heterocycles. The van der Waals surface area contributed by atoms with Gasteiger partial charge in [-0.15, -0.1) is 5.06 Å². The number of rotatable bonds is 5. The maximum atomic E-state index is 12.1. The Labute approximate surface area is 122 Å². The Kier molecular flexibility index (Phi) is 3.79. The van der Waals surface area contributed by atoms with Crippen LogP contribution in [-0.2, 0) is 11.3 Å². The first-order chi connectivity index (χ1) is 10.3. The molecule has 4 heteroatoms. The summed E-state index contributed by atoms with van der Waals surface area (Å²) in [6.45, 7) is 0.334. The molecule has 0 atom stereocenters. The molecule has 2 aromatic rings. The standard InChI is InChI=1S/C17H15NO3/c19-16-14-10-4-5-11-15(14)17(20)18(16)21-12-6-9-13-7-2-1-3-8-13/h1-5,7-8,10-11H,6,9,12H2. The number of imide groups is 1.